The van der Waals surface area contributed by atoms with Crippen LogP contribution in [0.1, 0.15) is 46.0 Å². The topological polar surface area (TPSA) is 111 Å². The van der Waals surface area contributed by atoms with Crippen LogP contribution in [0.5, 0.6) is 0 Å². The van der Waals surface area contributed by atoms with Crippen molar-refractivity contribution in [3.05, 3.63) is 58.6 Å². The van der Waals surface area contributed by atoms with Gasteiger partial charge in [-0.15, -0.1) is 0 Å². The molecule has 5 rings (SSSR count). The van der Waals surface area contributed by atoms with Gasteiger partial charge in [0.2, 0.25) is 27.8 Å². The lowest BCUT2D eigenvalue weighted by Gasteiger charge is -2.35. The maximum absolute atomic E-state index is 13.5. The molecule has 0 bridgehead atoms. The molecule has 1 heterocycles. The molecule has 2 saturated carbocycles. The average molecular weight is 640 g/mol. The third-order valence-corrected chi connectivity index (χ3v) is 9.37. The van der Waals surface area contributed by atoms with Crippen molar-refractivity contribution in [2.24, 2.45) is 11.3 Å². The highest BCUT2D eigenvalue weighted by Gasteiger charge is 2.60. The molecule has 2 aromatic carbocycles. The maximum Gasteiger partial charge on any atom is 0.248 e. The largest absolute Gasteiger partial charge is 0.381 e. The summed E-state index contributed by atoms with van der Waals surface area (Å²) in [6.45, 7) is -0.687. The van der Waals surface area contributed by atoms with E-state index in [1.54, 1.807) is 52.3 Å². The molecule has 0 radical (unpaired) electrons. The summed E-state index contributed by atoms with van der Waals surface area (Å²) < 4.78 is 70.4. The number of nitrogens with zero attached hydrogens (tertiary/aromatic N) is 2. The second kappa shape index (κ2) is 12.6. The molecule has 3 fully saturated rings. The molecule has 43 heavy (non-hydrogen) atoms. The monoisotopic (exact) mass is 639 g/mol. The molecule has 1 spiro atoms. The predicted molar refractivity (Wildman–Crippen MR) is 163 cm³/mol. The van der Waals surface area contributed by atoms with E-state index < -0.39 is 22.4 Å². The molecule has 0 aromatic heterocycles. The molecule has 9 nitrogen and oxygen atoms in total. The first-order valence-corrected chi connectivity index (χ1v) is 16.6. The van der Waals surface area contributed by atoms with Crippen molar-refractivity contribution in [3.63, 3.8) is 0 Å². The number of hydrogen-bond donors (Lipinski definition) is 3. The van der Waals surface area contributed by atoms with Gasteiger partial charge >= 0.3 is 0 Å². The van der Waals surface area contributed by atoms with Gasteiger partial charge in [0.05, 0.1) is 12.8 Å². The molecule has 3 N–H and O–H groups in total. The van der Waals surface area contributed by atoms with E-state index in [0.29, 0.717) is 47.8 Å². The van der Waals surface area contributed by atoms with Gasteiger partial charge in [0.1, 0.15) is 0 Å². The number of nitrogens with one attached hydrogen (secondary N) is 3. The Labute approximate surface area is 259 Å². The van der Waals surface area contributed by atoms with Gasteiger partial charge in [0.15, 0.2) is 0 Å². The number of rotatable bonds is 10. The van der Waals surface area contributed by atoms with E-state index in [-0.39, 0.29) is 68.7 Å². The quantitative estimate of drug-likeness (QED) is 0.358. The zero-order valence-corrected chi connectivity index (χ0v) is 25.5. The number of carbonyl (C=O) groups is 2. The lowest BCUT2D eigenvalue weighted by molar-refractivity contribution is -0.135. The standard InChI is InChI=1S/C30H38ClF2N5O4S/c1-43(41,42)36-24-5-2-21(3-6-24)18-34-26-7-4-23(31)16-22(26)20-37-12-14-38(15-13-37)27(39)19-35-28(40)25-17-29(25)8-10-30(32,33)11-9-29/h2-7,16,25,34,36H,8-15,17-20H2,1H3,(H,35,40)/i20D2. The summed E-state index contributed by atoms with van der Waals surface area (Å²) in [5.74, 6) is -3.49. The SMILES string of the molecule is [2H]C([2H])(c1cc(Cl)ccc1NCc1ccc(NS(C)(=O)=O)cc1)N1CCN(C(=O)CNC(=O)C2CC23CCC(F)(F)CC3)CC1. The van der Waals surface area contributed by atoms with Gasteiger partial charge in [-0.25, -0.2) is 17.2 Å². The molecule has 1 saturated heterocycles. The van der Waals surface area contributed by atoms with Crippen molar-refractivity contribution in [2.75, 3.05) is 49.0 Å². The fourth-order valence-electron chi connectivity index (χ4n) is 5.89. The van der Waals surface area contributed by atoms with E-state index in [1.807, 2.05) is 0 Å². The highest BCUT2D eigenvalue weighted by atomic mass is 35.5. The lowest BCUT2D eigenvalue weighted by Crippen LogP contribution is -2.51. The minimum Gasteiger partial charge on any atom is -0.381 e. The predicted octanol–water partition coefficient (Wildman–Crippen LogP) is 4.30. The van der Waals surface area contributed by atoms with Crippen LogP contribution < -0.4 is 15.4 Å². The van der Waals surface area contributed by atoms with Crippen LogP contribution in [0.2, 0.25) is 5.02 Å². The number of amides is 2. The molecule has 2 aliphatic carbocycles. The molecular weight excluding hydrogens is 600 g/mol. The number of alkyl halides is 2. The van der Waals surface area contributed by atoms with E-state index in [2.05, 4.69) is 15.4 Å². The van der Waals surface area contributed by atoms with Crippen molar-refractivity contribution in [3.8, 4) is 0 Å². The van der Waals surface area contributed by atoms with Gasteiger partial charge in [-0.1, -0.05) is 23.7 Å². The van der Waals surface area contributed by atoms with E-state index in [9.17, 15) is 26.8 Å². The van der Waals surface area contributed by atoms with Crippen LogP contribution in [-0.2, 0) is 32.7 Å². The Balaban J connectivity index is 1.13. The molecule has 1 unspecified atom stereocenters. The van der Waals surface area contributed by atoms with Crippen molar-refractivity contribution < 1.29 is 29.5 Å². The summed E-state index contributed by atoms with van der Waals surface area (Å²) in [6.07, 6.45) is 1.94. The summed E-state index contributed by atoms with van der Waals surface area (Å²) in [5.41, 5.74) is 1.84. The average Bonchev–Trinajstić information content (AvgIpc) is 3.71. The summed E-state index contributed by atoms with van der Waals surface area (Å²) in [7, 11) is -3.39. The first kappa shape index (κ1) is 28.8. The third kappa shape index (κ3) is 8.36. The maximum atomic E-state index is 13.5. The number of halogens is 3. The molecule has 1 aliphatic heterocycles. The van der Waals surface area contributed by atoms with Crippen LogP contribution in [-0.4, -0.2) is 74.9 Å². The highest BCUT2D eigenvalue weighted by Crippen LogP contribution is 2.63. The van der Waals surface area contributed by atoms with Gasteiger partial charge in [0, 0.05) is 77.1 Å². The normalized spacial score (nSPS) is 22.3. The fraction of sp³-hybridized carbons (Fsp3) is 0.533. The second-order valence-corrected chi connectivity index (χ2v) is 14.0. The van der Waals surface area contributed by atoms with Crippen molar-refractivity contribution in [2.45, 2.75) is 51.1 Å². The molecule has 3 aliphatic rings. The Kier molecular flexibility index (Phi) is 8.42. The Bertz CT molecular complexity index is 1530. The number of benzene rings is 2. The zero-order valence-electron chi connectivity index (χ0n) is 26.0. The summed E-state index contributed by atoms with van der Waals surface area (Å²) in [5, 5.41) is 6.33. The van der Waals surface area contributed by atoms with Crippen LogP contribution in [0.4, 0.5) is 20.2 Å². The zero-order chi connectivity index (χ0) is 32.6. The number of anilines is 2. The highest BCUT2D eigenvalue weighted by molar-refractivity contribution is 7.92. The van der Waals surface area contributed by atoms with E-state index in [4.69, 9.17) is 14.3 Å². The van der Waals surface area contributed by atoms with Crippen LogP contribution in [0.3, 0.4) is 0 Å². The van der Waals surface area contributed by atoms with Crippen molar-refractivity contribution >= 4 is 44.8 Å². The van der Waals surface area contributed by atoms with E-state index >= 15 is 0 Å². The van der Waals surface area contributed by atoms with E-state index in [1.165, 1.54) is 0 Å². The Morgan fingerprint density at radius 3 is 2.37 bits per heavy atom. The first-order valence-electron chi connectivity index (χ1n) is 15.4. The van der Waals surface area contributed by atoms with Crippen molar-refractivity contribution in [1.29, 1.82) is 0 Å². The minimum atomic E-state index is -3.39. The lowest BCUT2D eigenvalue weighted by atomic mass is 9.82. The van der Waals surface area contributed by atoms with Gasteiger partial charge in [-0.2, -0.15) is 0 Å². The van der Waals surface area contributed by atoms with Crippen LogP contribution in [0.15, 0.2) is 42.5 Å². The number of sulfonamides is 1. The van der Waals surface area contributed by atoms with Crippen molar-refractivity contribution in [1.82, 2.24) is 15.1 Å². The van der Waals surface area contributed by atoms with Crippen LogP contribution in [0, 0.1) is 11.3 Å². The van der Waals surface area contributed by atoms with Gasteiger partial charge in [0.25, 0.3) is 0 Å². The van der Waals surface area contributed by atoms with Crippen LogP contribution in [0.25, 0.3) is 0 Å². The third-order valence-electron chi connectivity index (χ3n) is 8.53. The molecule has 2 amide bonds. The molecular formula is C30H38ClF2N5O4S. The molecule has 13 heteroatoms. The number of carbonyl (C=O) groups excluding carboxylic acids is 2. The van der Waals surface area contributed by atoms with Gasteiger partial charge in [-0.3, -0.25) is 19.2 Å². The number of piperazine rings is 1. The molecule has 2 aromatic rings. The second-order valence-electron chi connectivity index (χ2n) is 11.8. The number of hydrogen-bond acceptors (Lipinski definition) is 6. The Hall–Kier alpha value is -2.96. The minimum absolute atomic E-state index is 0.178. The van der Waals surface area contributed by atoms with Gasteiger partial charge < -0.3 is 15.5 Å². The summed E-state index contributed by atoms with van der Waals surface area (Å²) in [4.78, 5) is 28.8. The fourth-order valence-corrected chi connectivity index (χ4v) is 6.62. The Morgan fingerprint density at radius 1 is 1.05 bits per heavy atom. The summed E-state index contributed by atoms with van der Waals surface area (Å²) >= 11 is 6.27. The molecule has 1 atom stereocenters. The van der Waals surface area contributed by atoms with Crippen LogP contribution >= 0.6 is 11.6 Å². The Morgan fingerprint density at radius 2 is 1.72 bits per heavy atom. The molecule has 234 valence electrons. The smallest absolute Gasteiger partial charge is 0.248 e. The van der Waals surface area contributed by atoms with Gasteiger partial charge in [-0.05, 0) is 66.1 Å². The van der Waals surface area contributed by atoms with E-state index in [0.717, 1.165) is 11.8 Å². The summed E-state index contributed by atoms with van der Waals surface area (Å²) in [6, 6.07) is 11.8. The first-order chi connectivity index (χ1) is 21.1.